The predicted molar refractivity (Wildman–Crippen MR) is 104 cm³/mol. The zero-order valence-electron chi connectivity index (χ0n) is 16.8. The molecule has 1 heterocycles. The molecule has 1 unspecified atom stereocenters. The predicted octanol–water partition coefficient (Wildman–Crippen LogP) is 3.74. The van der Waals surface area contributed by atoms with E-state index in [0.29, 0.717) is 28.5 Å². The highest BCUT2D eigenvalue weighted by atomic mass is 19.4. The quantitative estimate of drug-likeness (QED) is 0.706. The Bertz CT molecular complexity index is 951. The van der Waals surface area contributed by atoms with E-state index < -0.39 is 24.1 Å². The van der Waals surface area contributed by atoms with Crippen molar-refractivity contribution in [3.8, 4) is 23.0 Å². The Labute approximate surface area is 175 Å². The Morgan fingerprint density at radius 3 is 2.19 bits per heavy atom. The highest BCUT2D eigenvalue weighted by molar-refractivity contribution is 6.06. The van der Waals surface area contributed by atoms with Gasteiger partial charge in [-0.3, -0.25) is 4.79 Å². The number of alkyl halides is 3. The average molecular weight is 440 g/mol. The van der Waals surface area contributed by atoms with Crippen LogP contribution in [0.4, 0.5) is 18.9 Å². The number of rotatable bonds is 7. The van der Waals surface area contributed by atoms with Crippen LogP contribution in [0.2, 0.25) is 0 Å². The fraction of sp³-hybridized carbons (Fsp3) is 0.300. The van der Waals surface area contributed by atoms with Crippen molar-refractivity contribution < 1.29 is 41.8 Å². The minimum absolute atomic E-state index is 0.166. The Balaban J connectivity index is 1.66. The van der Waals surface area contributed by atoms with Gasteiger partial charge in [0.15, 0.2) is 11.5 Å². The maximum atomic E-state index is 12.5. The maximum Gasteiger partial charge on any atom is 0.573 e. The number of hydrogen-bond acceptors (Lipinski definition) is 7. The van der Waals surface area contributed by atoms with Crippen LogP contribution in [-0.2, 0) is 9.63 Å². The second-order valence-electron chi connectivity index (χ2n) is 6.31. The van der Waals surface area contributed by atoms with E-state index in [9.17, 15) is 18.0 Å². The third-order valence-corrected chi connectivity index (χ3v) is 4.31. The van der Waals surface area contributed by atoms with Crippen molar-refractivity contribution in [3.63, 3.8) is 0 Å². The molecule has 0 radical (unpaired) electrons. The Hall–Kier alpha value is -3.63. The van der Waals surface area contributed by atoms with E-state index in [2.05, 4.69) is 15.2 Å². The molecule has 11 heteroatoms. The summed E-state index contributed by atoms with van der Waals surface area (Å²) in [7, 11) is 4.45. The fourth-order valence-corrected chi connectivity index (χ4v) is 2.90. The highest BCUT2D eigenvalue weighted by Crippen LogP contribution is 2.39. The number of anilines is 1. The van der Waals surface area contributed by atoms with E-state index in [0.717, 1.165) is 12.1 Å². The van der Waals surface area contributed by atoms with E-state index in [1.165, 1.54) is 33.5 Å². The monoisotopic (exact) mass is 440 g/mol. The van der Waals surface area contributed by atoms with Gasteiger partial charge < -0.3 is 29.1 Å². The van der Waals surface area contributed by atoms with Crippen LogP contribution < -0.4 is 24.3 Å². The second-order valence-corrected chi connectivity index (χ2v) is 6.31. The van der Waals surface area contributed by atoms with Crippen LogP contribution in [0.1, 0.15) is 12.0 Å². The lowest BCUT2D eigenvalue weighted by molar-refractivity contribution is -0.274. The molecule has 0 saturated heterocycles. The van der Waals surface area contributed by atoms with Crippen molar-refractivity contribution >= 4 is 17.3 Å². The third-order valence-electron chi connectivity index (χ3n) is 4.31. The van der Waals surface area contributed by atoms with Crippen LogP contribution in [0, 0.1) is 0 Å². The van der Waals surface area contributed by atoms with Crippen LogP contribution in [0.5, 0.6) is 23.0 Å². The van der Waals surface area contributed by atoms with Crippen LogP contribution in [0.25, 0.3) is 0 Å². The van der Waals surface area contributed by atoms with Crippen molar-refractivity contribution in [1.82, 2.24) is 0 Å². The number of nitrogens with zero attached hydrogens (tertiary/aromatic N) is 1. The molecule has 0 spiro atoms. The number of methoxy groups -OCH3 is 3. The zero-order valence-corrected chi connectivity index (χ0v) is 16.8. The van der Waals surface area contributed by atoms with Crippen molar-refractivity contribution in [2.75, 3.05) is 26.6 Å². The van der Waals surface area contributed by atoms with Crippen LogP contribution in [-0.4, -0.2) is 45.4 Å². The fourth-order valence-electron chi connectivity index (χ4n) is 2.90. The Morgan fingerprint density at radius 1 is 1.06 bits per heavy atom. The maximum absolute atomic E-state index is 12.5. The first kappa shape index (κ1) is 22.1. The number of benzene rings is 2. The summed E-state index contributed by atoms with van der Waals surface area (Å²) in [4.78, 5) is 17.7. The summed E-state index contributed by atoms with van der Waals surface area (Å²) in [6.45, 7) is 0. The van der Waals surface area contributed by atoms with Gasteiger partial charge in [-0.25, -0.2) is 0 Å². The first-order valence-electron chi connectivity index (χ1n) is 8.93. The van der Waals surface area contributed by atoms with Crippen LogP contribution in [0.3, 0.4) is 0 Å². The van der Waals surface area contributed by atoms with Gasteiger partial charge in [-0.15, -0.1) is 13.2 Å². The summed E-state index contributed by atoms with van der Waals surface area (Å²) < 4.78 is 56.4. The number of halogens is 3. The Morgan fingerprint density at radius 2 is 1.68 bits per heavy atom. The van der Waals surface area contributed by atoms with Gasteiger partial charge in [0, 0.05) is 17.7 Å². The van der Waals surface area contributed by atoms with Crippen molar-refractivity contribution in [1.29, 1.82) is 0 Å². The Kier molecular flexibility index (Phi) is 6.42. The van der Waals surface area contributed by atoms with Crippen LogP contribution >= 0.6 is 0 Å². The molecule has 1 N–H and O–H groups in total. The molecule has 0 saturated carbocycles. The molecule has 0 aliphatic carbocycles. The molecule has 1 aliphatic heterocycles. The number of ether oxygens (including phenoxy) is 4. The van der Waals surface area contributed by atoms with E-state index in [-0.39, 0.29) is 12.1 Å². The molecule has 0 bridgehead atoms. The summed E-state index contributed by atoms with van der Waals surface area (Å²) in [6, 6.07) is 8.13. The zero-order chi connectivity index (χ0) is 22.6. The summed E-state index contributed by atoms with van der Waals surface area (Å²) in [5.74, 6) is 0.369. The first-order chi connectivity index (χ1) is 14.7. The molecule has 166 valence electrons. The SMILES string of the molecule is COc1cc(C2=NOC(C(=O)Nc3ccc(OC(F)(F)F)cc3)C2)cc(OC)c1OC. The number of oxime groups is 1. The average Bonchev–Trinajstić information content (AvgIpc) is 3.23. The lowest BCUT2D eigenvalue weighted by atomic mass is 10.0. The number of carbonyl (C=O) groups excluding carboxylic acids is 1. The van der Waals surface area contributed by atoms with E-state index >= 15 is 0 Å². The lowest BCUT2D eigenvalue weighted by Gasteiger charge is -2.14. The summed E-state index contributed by atoms with van der Waals surface area (Å²) in [6.07, 6.45) is -5.54. The highest BCUT2D eigenvalue weighted by Gasteiger charge is 2.32. The van der Waals surface area contributed by atoms with Crippen molar-refractivity contribution in [3.05, 3.63) is 42.0 Å². The largest absolute Gasteiger partial charge is 0.573 e. The molecule has 1 aliphatic rings. The molecule has 31 heavy (non-hydrogen) atoms. The third kappa shape index (κ3) is 5.30. The molecule has 3 rings (SSSR count). The minimum atomic E-state index is -4.79. The molecule has 1 amide bonds. The topological polar surface area (TPSA) is 87.6 Å². The van der Waals surface area contributed by atoms with Crippen molar-refractivity contribution in [2.24, 2.45) is 5.16 Å². The minimum Gasteiger partial charge on any atom is -0.493 e. The second kappa shape index (κ2) is 9.02. The van der Waals surface area contributed by atoms with Gasteiger partial charge in [0.1, 0.15) is 5.75 Å². The van der Waals surface area contributed by atoms with E-state index in [1.807, 2.05) is 0 Å². The van der Waals surface area contributed by atoms with Gasteiger partial charge in [-0.2, -0.15) is 0 Å². The van der Waals surface area contributed by atoms with Gasteiger partial charge in [0.2, 0.25) is 11.9 Å². The number of carbonyl (C=O) groups is 1. The molecule has 0 fully saturated rings. The normalized spacial score (nSPS) is 15.5. The van der Waals surface area contributed by atoms with E-state index in [4.69, 9.17) is 19.0 Å². The summed E-state index contributed by atoms with van der Waals surface area (Å²) >= 11 is 0. The molecule has 0 aromatic heterocycles. The smallest absolute Gasteiger partial charge is 0.493 e. The molecule has 8 nitrogen and oxygen atoms in total. The summed E-state index contributed by atoms with van der Waals surface area (Å²) in [5.41, 5.74) is 1.40. The molecular weight excluding hydrogens is 421 g/mol. The van der Waals surface area contributed by atoms with E-state index in [1.54, 1.807) is 12.1 Å². The standard InChI is InChI=1S/C20H19F3N2O6/c1-27-15-8-11(9-16(28-2)18(15)29-3)14-10-17(31-25-14)19(26)24-12-4-6-13(7-5-12)30-20(21,22)23/h4-9,17H,10H2,1-3H3,(H,24,26). The number of amides is 1. The van der Waals surface area contributed by atoms with Gasteiger partial charge in [0.25, 0.3) is 5.91 Å². The van der Waals surface area contributed by atoms with Crippen molar-refractivity contribution in [2.45, 2.75) is 18.9 Å². The summed E-state index contributed by atoms with van der Waals surface area (Å²) in [5, 5.41) is 6.54. The van der Waals surface area contributed by atoms with Gasteiger partial charge in [-0.1, -0.05) is 5.16 Å². The number of hydrogen-bond donors (Lipinski definition) is 1. The first-order valence-corrected chi connectivity index (χ1v) is 8.93. The van der Waals surface area contributed by atoms with Gasteiger partial charge in [0.05, 0.1) is 27.0 Å². The van der Waals surface area contributed by atoms with Gasteiger partial charge >= 0.3 is 6.36 Å². The molecule has 2 aromatic carbocycles. The molecular formula is C20H19F3N2O6. The lowest BCUT2D eigenvalue weighted by Crippen LogP contribution is -2.28. The number of nitrogens with one attached hydrogen (secondary N) is 1. The van der Waals surface area contributed by atoms with Crippen LogP contribution in [0.15, 0.2) is 41.6 Å². The molecule has 1 atom stereocenters. The van der Waals surface area contributed by atoms with Gasteiger partial charge in [-0.05, 0) is 36.4 Å². The molecule has 2 aromatic rings.